The maximum absolute atomic E-state index is 12.6. The second-order valence-corrected chi connectivity index (χ2v) is 6.39. The quantitative estimate of drug-likeness (QED) is 0.762. The molecule has 0 bridgehead atoms. The lowest BCUT2D eigenvalue weighted by Gasteiger charge is -2.28. The van der Waals surface area contributed by atoms with E-state index in [-0.39, 0.29) is 23.9 Å². The van der Waals surface area contributed by atoms with E-state index in [1.54, 1.807) is 12.1 Å². The molecule has 0 heterocycles. The lowest BCUT2D eigenvalue weighted by Crippen LogP contribution is -2.51. The monoisotopic (exact) mass is 376 g/mol. The van der Waals surface area contributed by atoms with Crippen molar-refractivity contribution < 1.29 is 14.3 Å². The van der Waals surface area contributed by atoms with E-state index in [4.69, 9.17) is 26.8 Å². The molecule has 0 aromatic heterocycles. The summed E-state index contributed by atoms with van der Waals surface area (Å²) in [4.78, 5) is 12.6. The first-order chi connectivity index (χ1) is 11.0. The van der Waals surface area contributed by atoms with Gasteiger partial charge in [0.25, 0.3) is 5.91 Å². The van der Waals surface area contributed by atoms with E-state index in [1.807, 2.05) is 6.92 Å². The molecule has 7 heteroatoms. The van der Waals surface area contributed by atoms with Crippen LogP contribution in [0.25, 0.3) is 0 Å². The smallest absolute Gasteiger partial charge is 0.251 e. The molecule has 0 aliphatic heterocycles. The summed E-state index contributed by atoms with van der Waals surface area (Å²) >= 11 is 6.27. The van der Waals surface area contributed by atoms with Gasteiger partial charge in [0, 0.05) is 12.1 Å². The highest BCUT2D eigenvalue weighted by molar-refractivity contribution is 6.32. The summed E-state index contributed by atoms with van der Waals surface area (Å²) in [7, 11) is 1.53. The van der Waals surface area contributed by atoms with Gasteiger partial charge in [-0.3, -0.25) is 4.79 Å². The van der Waals surface area contributed by atoms with Gasteiger partial charge in [0.2, 0.25) is 0 Å². The summed E-state index contributed by atoms with van der Waals surface area (Å²) in [5, 5.41) is 3.45. The molecule has 1 amide bonds. The molecule has 1 saturated carbocycles. The zero-order valence-electron chi connectivity index (χ0n) is 14.2. The third-order valence-electron chi connectivity index (χ3n) is 4.27. The third kappa shape index (κ3) is 4.68. The van der Waals surface area contributed by atoms with Crippen molar-refractivity contribution in [3.8, 4) is 11.5 Å². The summed E-state index contributed by atoms with van der Waals surface area (Å²) in [6.07, 6.45) is 4.87. The summed E-state index contributed by atoms with van der Waals surface area (Å²) in [5.41, 5.74) is 6.03. The molecule has 24 heavy (non-hydrogen) atoms. The molecule has 0 saturated heterocycles. The number of hydrogen-bond acceptors (Lipinski definition) is 4. The number of halogens is 2. The largest absolute Gasteiger partial charge is 0.493 e. The molecule has 1 aromatic carbocycles. The number of benzene rings is 1. The van der Waals surface area contributed by atoms with Gasteiger partial charge in [-0.1, -0.05) is 31.4 Å². The molecule has 0 spiro atoms. The zero-order valence-corrected chi connectivity index (χ0v) is 15.8. The Morgan fingerprint density at radius 1 is 1.38 bits per heavy atom. The normalized spacial score (nSPS) is 15.5. The molecule has 3 N–H and O–H groups in total. The maximum Gasteiger partial charge on any atom is 0.251 e. The molecule has 1 aromatic rings. The molecule has 0 unspecified atom stereocenters. The van der Waals surface area contributed by atoms with Crippen molar-refractivity contribution in [2.45, 2.75) is 44.6 Å². The Hall–Kier alpha value is -1.17. The molecule has 5 nitrogen and oxygen atoms in total. The third-order valence-corrected chi connectivity index (χ3v) is 4.55. The predicted molar refractivity (Wildman–Crippen MR) is 98.8 cm³/mol. The Morgan fingerprint density at radius 3 is 2.58 bits per heavy atom. The molecule has 1 fully saturated rings. The minimum atomic E-state index is -0.297. The second-order valence-electron chi connectivity index (χ2n) is 5.98. The zero-order chi connectivity index (χ0) is 16.9. The summed E-state index contributed by atoms with van der Waals surface area (Å²) < 4.78 is 10.9. The topological polar surface area (TPSA) is 73.6 Å². The van der Waals surface area contributed by atoms with Crippen LogP contribution in [0.5, 0.6) is 11.5 Å². The predicted octanol–water partition coefficient (Wildman–Crippen LogP) is 3.56. The van der Waals surface area contributed by atoms with Crippen LogP contribution in [0, 0.1) is 0 Å². The highest BCUT2D eigenvalue weighted by atomic mass is 35.5. The van der Waals surface area contributed by atoms with Crippen molar-refractivity contribution >= 4 is 29.9 Å². The van der Waals surface area contributed by atoms with Crippen molar-refractivity contribution in [2.75, 3.05) is 20.3 Å². The van der Waals surface area contributed by atoms with Gasteiger partial charge < -0.3 is 20.5 Å². The number of carbonyl (C=O) groups is 1. The van der Waals surface area contributed by atoms with E-state index < -0.39 is 0 Å². The summed E-state index contributed by atoms with van der Waals surface area (Å²) in [5.74, 6) is 0.755. The minimum Gasteiger partial charge on any atom is -0.493 e. The van der Waals surface area contributed by atoms with Crippen LogP contribution in [0.2, 0.25) is 5.02 Å². The SMILES string of the molecule is CCCOc1c(Cl)cc(C(=O)NC2(CN)CCCC2)cc1OC.Cl. The molecule has 1 aliphatic rings. The maximum atomic E-state index is 12.6. The Bertz CT molecular complexity index is 561. The fourth-order valence-electron chi connectivity index (χ4n) is 2.94. The first-order valence-electron chi connectivity index (χ1n) is 8.08. The van der Waals surface area contributed by atoms with E-state index in [0.717, 1.165) is 32.1 Å². The number of nitrogens with one attached hydrogen (secondary N) is 1. The van der Waals surface area contributed by atoms with Crippen molar-refractivity contribution in [3.63, 3.8) is 0 Å². The van der Waals surface area contributed by atoms with E-state index in [0.29, 0.717) is 35.2 Å². The van der Waals surface area contributed by atoms with Gasteiger partial charge in [-0.2, -0.15) is 0 Å². The Morgan fingerprint density at radius 2 is 2.04 bits per heavy atom. The first-order valence-corrected chi connectivity index (χ1v) is 8.46. The number of carbonyl (C=O) groups excluding carboxylic acids is 1. The van der Waals surface area contributed by atoms with Gasteiger partial charge in [0.05, 0.1) is 24.3 Å². The molecular formula is C17H26Cl2N2O3. The van der Waals surface area contributed by atoms with Crippen molar-refractivity contribution in [3.05, 3.63) is 22.7 Å². The van der Waals surface area contributed by atoms with E-state index >= 15 is 0 Å². The molecule has 1 aliphatic carbocycles. The van der Waals surface area contributed by atoms with Crippen LogP contribution in [0.4, 0.5) is 0 Å². The number of nitrogens with two attached hydrogens (primary N) is 1. The first kappa shape index (κ1) is 20.9. The van der Waals surface area contributed by atoms with Gasteiger partial charge in [0.1, 0.15) is 0 Å². The van der Waals surface area contributed by atoms with Crippen LogP contribution in [0.1, 0.15) is 49.4 Å². The average molecular weight is 377 g/mol. The summed E-state index contributed by atoms with van der Waals surface area (Å²) in [6.45, 7) is 3.00. The molecule has 0 atom stereocenters. The lowest BCUT2D eigenvalue weighted by molar-refractivity contribution is 0.0902. The second kappa shape index (κ2) is 9.35. The van der Waals surface area contributed by atoms with Crippen LogP contribution in [-0.4, -0.2) is 31.7 Å². The standard InChI is InChI=1S/C17H25ClN2O3.ClH/c1-3-8-23-15-13(18)9-12(10-14(15)22-2)16(21)20-17(11-19)6-4-5-7-17;/h9-10H,3-8,11,19H2,1-2H3,(H,20,21);1H. The van der Waals surface area contributed by atoms with E-state index in [2.05, 4.69) is 5.32 Å². The number of methoxy groups -OCH3 is 1. The van der Waals surface area contributed by atoms with E-state index in [1.165, 1.54) is 7.11 Å². The average Bonchev–Trinajstić information content (AvgIpc) is 3.02. The number of hydrogen-bond donors (Lipinski definition) is 2. The van der Waals surface area contributed by atoms with Crippen LogP contribution in [0.15, 0.2) is 12.1 Å². The number of ether oxygens (including phenoxy) is 2. The lowest BCUT2D eigenvalue weighted by atomic mass is 9.97. The van der Waals surface area contributed by atoms with Gasteiger partial charge in [0.15, 0.2) is 11.5 Å². The molecule has 136 valence electrons. The van der Waals surface area contributed by atoms with Crippen molar-refractivity contribution in [1.82, 2.24) is 5.32 Å². The fourth-order valence-corrected chi connectivity index (χ4v) is 3.21. The van der Waals surface area contributed by atoms with Crippen LogP contribution in [0.3, 0.4) is 0 Å². The number of rotatable bonds is 7. The fraction of sp³-hybridized carbons (Fsp3) is 0.588. The van der Waals surface area contributed by atoms with Gasteiger partial charge in [-0.25, -0.2) is 0 Å². The van der Waals surface area contributed by atoms with Crippen LogP contribution in [-0.2, 0) is 0 Å². The minimum absolute atomic E-state index is 0. The number of amides is 1. The van der Waals surface area contributed by atoms with Gasteiger partial charge in [-0.15, -0.1) is 12.4 Å². The Balaban J connectivity index is 0.00000288. The van der Waals surface area contributed by atoms with E-state index in [9.17, 15) is 4.79 Å². The molecular weight excluding hydrogens is 351 g/mol. The highest BCUT2D eigenvalue weighted by Crippen LogP contribution is 2.37. The van der Waals surface area contributed by atoms with Crippen LogP contribution < -0.4 is 20.5 Å². The van der Waals surface area contributed by atoms with Gasteiger partial charge >= 0.3 is 0 Å². The van der Waals surface area contributed by atoms with Crippen molar-refractivity contribution in [1.29, 1.82) is 0 Å². The Labute approximate surface area is 154 Å². The Kier molecular flexibility index (Phi) is 8.13. The van der Waals surface area contributed by atoms with Crippen molar-refractivity contribution in [2.24, 2.45) is 5.73 Å². The van der Waals surface area contributed by atoms with Crippen LogP contribution >= 0.6 is 24.0 Å². The molecule has 2 rings (SSSR count). The van der Waals surface area contributed by atoms with Gasteiger partial charge in [-0.05, 0) is 31.4 Å². The molecule has 0 radical (unpaired) electrons. The highest BCUT2D eigenvalue weighted by Gasteiger charge is 2.34. The summed E-state index contributed by atoms with van der Waals surface area (Å²) in [6, 6.07) is 3.27.